The lowest BCUT2D eigenvalue weighted by atomic mass is 10.1. The van der Waals surface area contributed by atoms with Crippen LogP contribution in [0.2, 0.25) is 0 Å². The van der Waals surface area contributed by atoms with Crippen molar-refractivity contribution >= 4 is 6.29 Å². The van der Waals surface area contributed by atoms with Crippen molar-refractivity contribution in [3.63, 3.8) is 0 Å². The highest BCUT2D eigenvalue weighted by molar-refractivity contribution is 5.75. The zero-order valence-electron chi connectivity index (χ0n) is 11.7. The summed E-state index contributed by atoms with van der Waals surface area (Å²) in [4.78, 5) is 10.8. The fourth-order valence-electron chi connectivity index (χ4n) is 1.89. The minimum atomic E-state index is -4.37. The van der Waals surface area contributed by atoms with Crippen LogP contribution in [-0.2, 0) is 12.8 Å². The van der Waals surface area contributed by atoms with Gasteiger partial charge < -0.3 is 9.47 Å². The Labute approximate surface area is 125 Å². The van der Waals surface area contributed by atoms with Crippen LogP contribution in [0.4, 0.5) is 13.2 Å². The molecular formula is C16H13F3O3. The Bertz CT molecular complexity index is 649. The predicted molar refractivity (Wildman–Crippen MR) is 74.2 cm³/mol. The van der Waals surface area contributed by atoms with Crippen molar-refractivity contribution < 1.29 is 27.4 Å². The van der Waals surface area contributed by atoms with Crippen molar-refractivity contribution in [2.24, 2.45) is 0 Å². The van der Waals surface area contributed by atoms with E-state index >= 15 is 0 Å². The Morgan fingerprint density at radius 1 is 1.09 bits per heavy atom. The van der Waals surface area contributed by atoms with Gasteiger partial charge >= 0.3 is 6.18 Å². The Morgan fingerprint density at radius 3 is 2.32 bits per heavy atom. The van der Waals surface area contributed by atoms with Crippen LogP contribution in [-0.4, -0.2) is 13.4 Å². The van der Waals surface area contributed by atoms with Crippen molar-refractivity contribution in [1.82, 2.24) is 0 Å². The number of hydrogen-bond donors (Lipinski definition) is 0. The topological polar surface area (TPSA) is 35.5 Å². The van der Waals surface area contributed by atoms with Crippen molar-refractivity contribution in [2.45, 2.75) is 12.8 Å². The number of rotatable bonds is 5. The van der Waals surface area contributed by atoms with E-state index < -0.39 is 11.7 Å². The molecule has 116 valence electrons. The highest BCUT2D eigenvalue weighted by Crippen LogP contribution is 2.30. The second kappa shape index (κ2) is 6.51. The van der Waals surface area contributed by atoms with E-state index in [9.17, 15) is 18.0 Å². The molecule has 0 N–H and O–H groups in total. The molecular weight excluding hydrogens is 297 g/mol. The largest absolute Gasteiger partial charge is 0.496 e. The van der Waals surface area contributed by atoms with E-state index in [-0.39, 0.29) is 6.61 Å². The summed E-state index contributed by atoms with van der Waals surface area (Å²) in [6, 6.07) is 9.25. The third-order valence-corrected chi connectivity index (χ3v) is 3.02. The number of carbonyl (C=O) groups is 1. The van der Waals surface area contributed by atoms with Crippen LogP contribution in [0.1, 0.15) is 21.5 Å². The Kier molecular flexibility index (Phi) is 4.70. The molecule has 0 aliphatic heterocycles. The SMILES string of the molecule is COc1ccc(C=O)cc1COc1ccc(C(F)(F)F)cc1. The maximum atomic E-state index is 12.5. The van der Waals surface area contributed by atoms with Gasteiger partial charge in [-0.3, -0.25) is 4.79 Å². The molecule has 22 heavy (non-hydrogen) atoms. The zero-order valence-corrected chi connectivity index (χ0v) is 11.7. The van der Waals surface area contributed by atoms with Gasteiger partial charge in [-0.1, -0.05) is 0 Å². The zero-order chi connectivity index (χ0) is 16.2. The molecule has 0 radical (unpaired) electrons. The third kappa shape index (κ3) is 3.78. The molecule has 0 bridgehead atoms. The summed E-state index contributed by atoms with van der Waals surface area (Å²) in [5, 5.41) is 0. The molecule has 2 aromatic carbocycles. The molecule has 0 saturated carbocycles. The standard InChI is InChI=1S/C16H13F3O3/c1-21-15-7-2-11(9-20)8-12(15)10-22-14-5-3-13(4-6-14)16(17,18)19/h2-9H,10H2,1H3. The van der Waals surface area contributed by atoms with Gasteiger partial charge in [0.25, 0.3) is 0 Å². The number of alkyl halides is 3. The quantitative estimate of drug-likeness (QED) is 0.780. The van der Waals surface area contributed by atoms with Crippen molar-refractivity contribution in [2.75, 3.05) is 7.11 Å². The first-order valence-electron chi connectivity index (χ1n) is 6.36. The number of halogens is 3. The molecule has 2 aromatic rings. The molecule has 0 aromatic heterocycles. The van der Waals surface area contributed by atoms with Gasteiger partial charge in [-0.05, 0) is 42.5 Å². The number of aldehydes is 1. The van der Waals surface area contributed by atoms with E-state index in [1.54, 1.807) is 18.2 Å². The summed E-state index contributed by atoms with van der Waals surface area (Å²) >= 11 is 0. The van der Waals surface area contributed by atoms with E-state index in [0.29, 0.717) is 28.9 Å². The lowest BCUT2D eigenvalue weighted by Crippen LogP contribution is -2.04. The number of methoxy groups -OCH3 is 1. The average Bonchev–Trinajstić information content (AvgIpc) is 2.52. The maximum Gasteiger partial charge on any atom is 0.416 e. The van der Waals surface area contributed by atoms with Gasteiger partial charge in [0.15, 0.2) is 0 Å². The lowest BCUT2D eigenvalue weighted by Gasteiger charge is -2.12. The Hall–Kier alpha value is -2.50. The monoisotopic (exact) mass is 310 g/mol. The highest BCUT2D eigenvalue weighted by atomic mass is 19.4. The molecule has 0 atom stereocenters. The number of benzene rings is 2. The molecule has 0 aliphatic rings. The molecule has 0 aliphatic carbocycles. The smallest absolute Gasteiger partial charge is 0.416 e. The first-order valence-corrected chi connectivity index (χ1v) is 6.36. The summed E-state index contributed by atoms with van der Waals surface area (Å²) in [6.45, 7) is 0.0796. The summed E-state index contributed by atoms with van der Waals surface area (Å²) in [6.07, 6.45) is -3.68. The summed E-state index contributed by atoms with van der Waals surface area (Å²) < 4.78 is 48.0. The predicted octanol–water partition coefficient (Wildman–Crippen LogP) is 4.11. The molecule has 0 heterocycles. The van der Waals surface area contributed by atoms with Gasteiger partial charge in [-0.2, -0.15) is 13.2 Å². The van der Waals surface area contributed by atoms with Crippen molar-refractivity contribution in [1.29, 1.82) is 0 Å². The molecule has 2 rings (SSSR count). The molecule has 0 spiro atoms. The van der Waals surface area contributed by atoms with Gasteiger partial charge in [0, 0.05) is 11.1 Å². The molecule has 0 amide bonds. The fourth-order valence-corrected chi connectivity index (χ4v) is 1.89. The van der Waals surface area contributed by atoms with E-state index in [4.69, 9.17) is 9.47 Å². The molecule has 0 unspecified atom stereocenters. The summed E-state index contributed by atoms with van der Waals surface area (Å²) in [7, 11) is 1.48. The number of ether oxygens (including phenoxy) is 2. The van der Waals surface area contributed by atoms with E-state index in [1.807, 2.05) is 0 Å². The average molecular weight is 310 g/mol. The Balaban J connectivity index is 2.11. The maximum absolute atomic E-state index is 12.5. The van der Waals surface area contributed by atoms with Crippen LogP contribution in [0.15, 0.2) is 42.5 Å². The fraction of sp³-hybridized carbons (Fsp3) is 0.188. The number of hydrogen-bond acceptors (Lipinski definition) is 3. The van der Waals surface area contributed by atoms with Crippen LogP contribution in [0.3, 0.4) is 0 Å². The van der Waals surface area contributed by atoms with Gasteiger partial charge in [-0.15, -0.1) is 0 Å². The second-order valence-corrected chi connectivity index (χ2v) is 4.50. The minimum absolute atomic E-state index is 0.0796. The Morgan fingerprint density at radius 2 is 1.77 bits per heavy atom. The van der Waals surface area contributed by atoms with E-state index in [2.05, 4.69) is 0 Å². The van der Waals surface area contributed by atoms with Gasteiger partial charge in [-0.25, -0.2) is 0 Å². The van der Waals surface area contributed by atoms with Gasteiger partial charge in [0.2, 0.25) is 0 Å². The first kappa shape index (κ1) is 15.9. The summed E-state index contributed by atoms with van der Waals surface area (Å²) in [5.74, 6) is 0.837. The molecule has 6 heteroatoms. The second-order valence-electron chi connectivity index (χ2n) is 4.50. The van der Waals surface area contributed by atoms with E-state index in [0.717, 1.165) is 12.1 Å². The van der Waals surface area contributed by atoms with Gasteiger partial charge in [0.05, 0.1) is 12.7 Å². The number of carbonyl (C=O) groups excluding carboxylic acids is 1. The van der Waals surface area contributed by atoms with Gasteiger partial charge in [0.1, 0.15) is 24.4 Å². The van der Waals surface area contributed by atoms with Crippen LogP contribution in [0.25, 0.3) is 0 Å². The van der Waals surface area contributed by atoms with Crippen molar-refractivity contribution in [3.05, 3.63) is 59.2 Å². The molecule has 3 nitrogen and oxygen atoms in total. The highest BCUT2D eigenvalue weighted by Gasteiger charge is 2.30. The first-order chi connectivity index (χ1) is 10.4. The van der Waals surface area contributed by atoms with Crippen molar-refractivity contribution in [3.8, 4) is 11.5 Å². The normalized spacial score (nSPS) is 11.1. The van der Waals surface area contributed by atoms with Crippen LogP contribution in [0, 0.1) is 0 Å². The van der Waals surface area contributed by atoms with E-state index in [1.165, 1.54) is 19.2 Å². The lowest BCUT2D eigenvalue weighted by molar-refractivity contribution is -0.137. The van der Waals surface area contributed by atoms with Crippen LogP contribution in [0.5, 0.6) is 11.5 Å². The summed E-state index contributed by atoms with van der Waals surface area (Å²) in [5.41, 5.74) is 0.360. The van der Waals surface area contributed by atoms with Crippen LogP contribution >= 0.6 is 0 Å². The van der Waals surface area contributed by atoms with Crippen LogP contribution < -0.4 is 9.47 Å². The molecule has 0 saturated heterocycles. The molecule has 0 fully saturated rings. The third-order valence-electron chi connectivity index (χ3n) is 3.02. The minimum Gasteiger partial charge on any atom is -0.496 e.